The van der Waals surface area contributed by atoms with E-state index in [0.29, 0.717) is 25.7 Å². The first-order valence-corrected chi connectivity index (χ1v) is 4.89. The van der Waals surface area contributed by atoms with Gasteiger partial charge in [0.25, 0.3) is 0 Å². The highest BCUT2D eigenvalue weighted by molar-refractivity contribution is 5.90. The van der Waals surface area contributed by atoms with Gasteiger partial charge in [0.2, 0.25) is 5.91 Å². The molecule has 5 nitrogen and oxygen atoms in total. The fourth-order valence-corrected chi connectivity index (χ4v) is 1.87. The summed E-state index contributed by atoms with van der Waals surface area (Å²) in [6, 6.07) is 0. The molecule has 0 unspecified atom stereocenters. The van der Waals surface area contributed by atoms with Crippen molar-refractivity contribution >= 4 is 17.7 Å². The van der Waals surface area contributed by atoms with Crippen molar-refractivity contribution in [3.8, 4) is 0 Å². The van der Waals surface area contributed by atoms with E-state index in [1.165, 1.54) is 14.0 Å². The van der Waals surface area contributed by atoms with E-state index in [-0.39, 0.29) is 11.7 Å². The highest BCUT2D eigenvalue weighted by Gasteiger charge is 2.43. The zero-order valence-corrected chi connectivity index (χ0v) is 8.96. The Morgan fingerprint density at radius 3 is 2.27 bits per heavy atom. The van der Waals surface area contributed by atoms with Crippen LogP contribution in [0.3, 0.4) is 0 Å². The lowest BCUT2D eigenvalue weighted by molar-refractivity contribution is -0.153. The van der Waals surface area contributed by atoms with Crippen molar-refractivity contribution in [3.63, 3.8) is 0 Å². The van der Waals surface area contributed by atoms with E-state index in [2.05, 4.69) is 10.1 Å². The monoisotopic (exact) mass is 213 g/mol. The predicted octanol–water partition coefficient (Wildman–Crippen LogP) is 0.177. The molecule has 0 heterocycles. The number of methoxy groups -OCH3 is 1. The number of nitrogens with one attached hydrogen (secondary N) is 1. The van der Waals surface area contributed by atoms with Gasteiger partial charge in [-0.1, -0.05) is 0 Å². The van der Waals surface area contributed by atoms with Gasteiger partial charge in [-0.05, 0) is 12.8 Å². The standard InChI is InChI=1S/C10H15NO4/c1-7(12)11-10(9(14)15-2)5-3-8(13)4-6-10/h3-6H2,1-2H3,(H,11,12). The van der Waals surface area contributed by atoms with Crippen LogP contribution in [0.5, 0.6) is 0 Å². The lowest BCUT2D eigenvalue weighted by atomic mass is 9.81. The second kappa shape index (κ2) is 4.42. The summed E-state index contributed by atoms with van der Waals surface area (Å²) in [7, 11) is 1.28. The second-order valence-corrected chi connectivity index (χ2v) is 3.79. The summed E-state index contributed by atoms with van der Waals surface area (Å²) in [5.74, 6) is -0.625. The minimum absolute atomic E-state index is 0.125. The Morgan fingerprint density at radius 1 is 1.33 bits per heavy atom. The summed E-state index contributed by atoms with van der Waals surface area (Å²) in [5, 5.41) is 2.60. The summed E-state index contributed by atoms with van der Waals surface area (Å²) >= 11 is 0. The Bertz CT molecular complexity index is 288. The molecule has 0 bridgehead atoms. The number of rotatable bonds is 2. The minimum Gasteiger partial charge on any atom is -0.467 e. The molecule has 0 spiro atoms. The van der Waals surface area contributed by atoms with Crippen LogP contribution in [0.1, 0.15) is 32.6 Å². The molecule has 0 aromatic heterocycles. The third-order valence-corrected chi connectivity index (χ3v) is 2.65. The van der Waals surface area contributed by atoms with Crippen molar-refractivity contribution in [2.24, 2.45) is 0 Å². The van der Waals surface area contributed by atoms with Gasteiger partial charge in [0.1, 0.15) is 11.3 Å². The lowest BCUT2D eigenvalue weighted by Crippen LogP contribution is -2.56. The molecule has 1 saturated carbocycles. The van der Waals surface area contributed by atoms with Crippen LogP contribution in [0.25, 0.3) is 0 Å². The average Bonchev–Trinajstić information content (AvgIpc) is 2.20. The summed E-state index contributed by atoms with van der Waals surface area (Å²) in [4.78, 5) is 33.7. The molecule has 0 aromatic rings. The maximum atomic E-state index is 11.6. The number of carbonyl (C=O) groups excluding carboxylic acids is 3. The van der Waals surface area contributed by atoms with E-state index >= 15 is 0 Å². The molecule has 5 heteroatoms. The molecule has 1 aliphatic rings. The molecule has 0 saturated heterocycles. The topological polar surface area (TPSA) is 72.5 Å². The van der Waals surface area contributed by atoms with Crippen LogP contribution in [0.4, 0.5) is 0 Å². The van der Waals surface area contributed by atoms with E-state index < -0.39 is 11.5 Å². The quantitative estimate of drug-likeness (QED) is 0.664. The van der Waals surface area contributed by atoms with Crippen LogP contribution in [-0.4, -0.2) is 30.3 Å². The van der Waals surface area contributed by atoms with E-state index in [1.807, 2.05) is 0 Å². The van der Waals surface area contributed by atoms with E-state index in [9.17, 15) is 14.4 Å². The maximum absolute atomic E-state index is 11.6. The maximum Gasteiger partial charge on any atom is 0.331 e. The van der Waals surface area contributed by atoms with Crippen LogP contribution in [0.15, 0.2) is 0 Å². The number of carbonyl (C=O) groups is 3. The third kappa shape index (κ3) is 2.55. The van der Waals surface area contributed by atoms with Crippen LogP contribution in [0, 0.1) is 0 Å². The second-order valence-electron chi connectivity index (χ2n) is 3.79. The van der Waals surface area contributed by atoms with Gasteiger partial charge in [-0.15, -0.1) is 0 Å². The minimum atomic E-state index is -0.992. The molecule has 84 valence electrons. The SMILES string of the molecule is COC(=O)C1(NC(C)=O)CCC(=O)CC1. The summed E-state index contributed by atoms with van der Waals surface area (Å²) in [6.07, 6.45) is 1.29. The summed E-state index contributed by atoms with van der Waals surface area (Å²) < 4.78 is 4.66. The van der Waals surface area contributed by atoms with Crippen LogP contribution < -0.4 is 5.32 Å². The number of hydrogen-bond donors (Lipinski definition) is 1. The molecule has 1 amide bonds. The lowest BCUT2D eigenvalue weighted by Gasteiger charge is -2.34. The van der Waals surface area contributed by atoms with Gasteiger partial charge in [0, 0.05) is 19.8 Å². The van der Waals surface area contributed by atoms with Crippen molar-refractivity contribution in [1.29, 1.82) is 0 Å². The third-order valence-electron chi connectivity index (χ3n) is 2.65. The van der Waals surface area contributed by atoms with Gasteiger partial charge in [0.05, 0.1) is 7.11 Å². The number of hydrogen-bond acceptors (Lipinski definition) is 4. The largest absolute Gasteiger partial charge is 0.467 e. The van der Waals surface area contributed by atoms with E-state index in [4.69, 9.17) is 0 Å². The average molecular weight is 213 g/mol. The zero-order valence-electron chi connectivity index (χ0n) is 8.96. The van der Waals surface area contributed by atoms with Crippen LogP contribution >= 0.6 is 0 Å². The van der Waals surface area contributed by atoms with Crippen molar-refractivity contribution in [2.75, 3.05) is 7.11 Å². The highest BCUT2D eigenvalue weighted by Crippen LogP contribution is 2.27. The van der Waals surface area contributed by atoms with E-state index in [1.54, 1.807) is 0 Å². The Morgan fingerprint density at radius 2 is 1.87 bits per heavy atom. The first kappa shape index (κ1) is 11.7. The van der Waals surface area contributed by atoms with Gasteiger partial charge < -0.3 is 10.1 Å². The molecule has 1 rings (SSSR count). The molecule has 0 aliphatic heterocycles. The van der Waals surface area contributed by atoms with Crippen molar-refractivity contribution in [1.82, 2.24) is 5.32 Å². The fourth-order valence-electron chi connectivity index (χ4n) is 1.87. The molecule has 1 aliphatic carbocycles. The number of ether oxygens (including phenoxy) is 1. The Hall–Kier alpha value is -1.39. The van der Waals surface area contributed by atoms with Gasteiger partial charge in [-0.2, -0.15) is 0 Å². The highest BCUT2D eigenvalue weighted by atomic mass is 16.5. The predicted molar refractivity (Wildman–Crippen MR) is 52.0 cm³/mol. The van der Waals surface area contributed by atoms with E-state index in [0.717, 1.165) is 0 Å². The fraction of sp³-hybridized carbons (Fsp3) is 0.700. The number of Topliss-reactive ketones (excluding diaryl/α,β-unsaturated/α-hetero) is 1. The number of esters is 1. The van der Waals surface area contributed by atoms with Gasteiger partial charge in [-0.3, -0.25) is 9.59 Å². The summed E-state index contributed by atoms with van der Waals surface area (Å²) in [6.45, 7) is 1.35. The zero-order chi connectivity index (χ0) is 11.5. The van der Waals surface area contributed by atoms with Crippen molar-refractivity contribution < 1.29 is 19.1 Å². The van der Waals surface area contributed by atoms with Gasteiger partial charge in [0.15, 0.2) is 0 Å². The molecule has 0 atom stereocenters. The Balaban J connectivity index is 2.81. The Labute approximate surface area is 88.2 Å². The van der Waals surface area contributed by atoms with Crippen molar-refractivity contribution in [3.05, 3.63) is 0 Å². The molecule has 1 N–H and O–H groups in total. The molecule has 15 heavy (non-hydrogen) atoms. The molecule has 1 fully saturated rings. The number of ketones is 1. The first-order chi connectivity index (χ1) is 7.00. The molecular weight excluding hydrogens is 198 g/mol. The molecular formula is C10H15NO4. The first-order valence-electron chi connectivity index (χ1n) is 4.89. The van der Waals surface area contributed by atoms with Crippen LogP contribution in [0.2, 0.25) is 0 Å². The Kier molecular flexibility index (Phi) is 3.44. The van der Waals surface area contributed by atoms with Crippen molar-refractivity contribution in [2.45, 2.75) is 38.1 Å². The normalized spacial score (nSPS) is 19.5. The molecule has 0 radical (unpaired) electrons. The van der Waals surface area contributed by atoms with Gasteiger partial charge in [-0.25, -0.2) is 4.79 Å². The van der Waals surface area contributed by atoms with Gasteiger partial charge >= 0.3 is 5.97 Å². The molecule has 0 aromatic carbocycles. The smallest absolute Gasteiger partial charge is 0.331 e. The summed E-state index contributed by atoms with van der Waals surface area (Å²) in [5.41, 5.74) is -0.992. The van der Waals surface area contributed by atoms with Crippen LogP contribution in [-0.2, 0) is 19.1 Å². The number of amides is 1.